The van der Waals surface area contributed by atoms with Gasteiger partial charge in [-0.3, -0.25) is 4.79 Å². The molecule has 1 fully saturated rings. The third-order valence-corrected chi connectivity index (χ3v) is 4.18. The molecule has 1 aromatic carbocycles. The summed E-state index contributed by atoms with van der Waals surface area (Å²) < 4.78 is 11.3. The van der Waals surface area contributed by atoms with Gasteiger partial charge in [0.2, 0.25) is 5.88 Å². The molecule has 1 aliphatic rings. The molecule has 27 heavy (non-hydrogen) atoms. The van der Waals surface area contributed by atoms with Gasteiger partial charge in [0.25, 0.3) is 5.91 Å². The number of likely N-dealkylation sites (tertiary alicyclic amines) is 1. The molecule has 2 aromatic rings. The summed E-state index contributed by atoms with van der Waals surface area (Å²) in [6, 6.07) is 13.0. The monoisotopic (exact) mass is 413 g/mol. The lowest BCUT2D eigenvalue weighted by Crippen LogP contribution is -2.43. The molecule has 0 aliphatic carbocycles. The molecule has 1 unspecified atom stereocenters. The summed E-state index contributed by atoms with van der Waals surface area (Å²) in [6.07, 6.45) is 3.78. The van der Waals surface area contributed by atoms with E-state index < -0.39 is 0 Å². The summed E-state index contributed by atoms with van der Waals surface area (Å²) in [5.41, 5.74) is 0. The molecule has 8 heteroatoms. The first kappa shape index (κ1) is 23.0. The minimum absolute atomic E-state index is 0. The number of aromatic nitrogens is 1. The van der Waals surface area contributed by atoms with Crippen LogP contribution in [0.3, 0.4) is 0 Å². The summed E-state index contributed by atoms with van der Waals surface area (Å²) in [7, 11) is 1.91. The van der Waals surface area contributed by atoms with E-state index in [1.807, 2.05) is 24.1 Å². The Balaban J connectivity index is 0.00000182. The second-order valence-corrected chi connectivity index (χ2v) is 5.97. The molecule has 1 aliphatic heterocycles. The Hall–Kier alpha value is -2.02. The van der Waals surface area contributed by atoms with Crippen LogP contribution in [0.5, 0.6) is 17.4 Å². The van der Waals surface area contributed by atoms with E-state index in [1.165, 1.54) is 0 Å². The number of carbonyl (C=O) groups is 1. The fourth-order valence-electron chi connectivity index (χ4n) is 2.97. The van der Waals surface area contributed by atoms with Crippen molar-refractivity contribution < 1.29 is 14.3 Å². The minimum atomic E-state index is 0. The standard InChI is InChI=1S/C19H23N3O3.2ClH/c1-20-13-15-5-4-12-22(15)19(23)14-24-16-7-9-17(10-8-16)25-18-6-2-3-11-21-18;;/h2-3,6-11,15,20H,4-5,12-14H2,1H3;2*1H. The van der Waals surface area contributed by atoms with Crippen LogP contribution in [-0.2, 0) is 4.79 Å². The van der Waals surface area contributed by atoms with E-state index in [9.17, 15) is 4.79 Å². The summed E-state index contributed by atoms with van der Waals surface area (Å²) >= 11 is 0. The van der Waals surface area contributed by atoms with Gasteiger partial charge in [0, 0.05) is 31.4 Å². The van der Waals surface area contributed by atoms with Crippen LogP contribution in [0.4, 0.5) is 0 Å². The molecule has 1 atom stereocenters. The molecule has 1 N–H and O–H groups in total. The summed E-state index contributed by atoms with van der Waals surface area (Å²) in [6.45, 7) is 1.69. The summed E-state index contributed by atoms with van der Waals surface area (Å²) in [5.74, 6) is 1.89. The highest BCUT2D eigenvalue weighted by atomic mass is 35.5. The second kappa shape index (κ2) is 11.6. The van der Waals surface area contributed by atoms with Crippen molar-refractivity contribution in [2.75, 3.05) is 26.7 Å². The Bertz CT molecular complexity index is 686. The maximum atomic E-state index is 12.4. The Morgan fingerprint density at radius 3 is 2.59 bits per heavy atom. The average Bonchev–Trinajstić information content (AvgIpc) is 3.10. The third kappa shape index (κ3) is 6.57. The minimum Gasteiger partial charge on any atom is -0.484 e. The Morgan fingerprint density at radius 2 is 1.93 bits per heavy atom. The number of likely N-dealkylation sites (N-methyl/N-ethyl adjacent to an activating group) is 1. The summed E-state index contributed by atoms with van der Waals surface area (Å²) in [4.78, 5) is 18.4. The first-order chi connectivity index (χ1) is 12.3. The average molecular weight is 414 g/mol. The number of carbonyl (C=O) groups excluding carboxylic acids is 1. The second-order valence-electron chi connectivity index (χ2n) is 5.97. The maximum absolute atomic E-state index is 12.4. The third-order valence-electron chi connectivity index (χ3n) is 4.18. The molecular formula is C19H25Cl2N3O3. The van der Waals surface area contributed by atoms with Crippen LogP contribution in [-0.4, -0.2) is 48.6 Å². The van der Waals surface area contributed by atoms with Gasteiger partial charge in [-0.05, 0) is 50.2 Å². The van der Waals surface area contributed by atoms with Gasteiger partial charge in [-0.25, -0.2) is 4.98 Å². The number of benzene rings is 1. The molecule has 0 radical (unpaired) electrons. The molecule has 2 heterocycles. The fourth-order valence-corrected chi connectivity index (χ4v) is 2.97. The quantitative estimate of drug-likeness (QED) is 0.753. The van der Waals surface area contributed by atoms with E-state index in [0.717, 1.165) is 25.9 Å². The molecule has 1 amide bonds. The molecule has 3 rings (SSSR count). The van der Waals surface area contributed by atoms with Crippen molar-refractivity contribution in [1.29, 1.82) is 0 Å². The van der Waals surface area contributed by atoms with Gasteiger partial charge < -0.3 is 19.7 Å². The molecule has 6 nitrogen and oxygen atoms in total. The predicted octanol–water partition coefficient (Wildman–Crippen LogP) is 3.31. The molecular weight excluding hydrogens is 389 g/mol. The Morgan fingerprint density at radius 1 is 1.19 bits per heavy atom. The zero-order valence-electron chi connectivity index (χ0n) is 15.2. The van der Waals surface area contributed by atoms with Crippen molar-refractivity contribution in [2.45, 2.75) is 18.9 Å². The Labute approximate surface area is 172 Å². The van der Waals surface area contributed by atoms with E-state index in [4.69, 9.17) is 9.47 Å². The molecule has 0 saturated carbocycles. The lowest BCUT2D eigenvalue weighted by molar-refractivity contribution is -0.134. The van der Waals surface area contributed by atoms with Crippen LogP contribution in [0.1, 0.15) is 12.8 Å². The number of hydrogen-bond acceptors (Lipinski definition) is 5. The highest BCUT2D eigenvalue weighted by Crippen LogP contribution is 2.22. The molecule has 148 valence electrons. The van der Waals surface area contributed by atoms with E-state index in [0.29, 0.717) is 17.4 Å². The van der Waals surface area contributed by atoms with Crippen LogP contribution < -0.4 is 14.8 Å². The number of nitrogens with one attached hydrogen (secondary N) is 1. The Kier molecular flexibility index (Phi) is 9.93. The smallest absolute Gasteiger partial charge is 0.260 e. The van der Waals surface area contributed by atoms with Crippen molar-refractivity contribution in [3.63, 3.8) is 0 Å². The fraction of sp³-hybridized carbons (Fsp3) is 0.368. The zero-order chi connectivity index (χ0) is 17.5. The number of nitrogens with zero attached hydrogens (tertiary/aromatic N) is 2. The number of rotatable bonds is 7. The van der Waals surface area contributed by atoms with Crippen LogP contribution in [0.15, 0.2) is 48.7 Å². The number of hydrogen-bond donors (Lipinski definition) is 1. The highest BCUT2D eigenvalue weighted by Gasteiger charge is 2.28. The number of pyridine rings is 1. The first-order valence-electron chi connectivity index (χ1n) is 8.52. The number of halogens is 2. The van der Waals surface area contributed by atoms with Gasteiger partial charge in [0.1, 0.15) is 11.5 Å². The van der Waals surface area contributed by atoms with Crippen LogP contribution in [0, 0.1) is 0 Å². The lowest BCUT2D eigenvalue weighted by Gasteiger charge is -2.24. The molecule has 1 aromatic heterocycles. The van der Waals surface area contributed by atoms with E-state index >= 15 is 0 Å². The van der Waals surface area contributed by atoms with Crippen molar-refractivity contribution in [1.82, 2.24) is 15.2 Å². The number of ether oxygens (including phenoxy) is 2. The molecule has 0 bridgehead atoms. The SMILES string of the molecule is CNCC1CCCN1C(=O)COc1ccc(Oc2ccccn2)cc1.Cl.Cl. The predicted molar refractivity (Wildman–Crippen MR) is 109 cm³/mol. The number of amides is 1. The topological polar surface area (TPSA) is 63.7 Å². The normalized spacial score (nSPS) is 15.4. The molecule has 0 spiro atoms. The van der Waals surface area contributed by atoms with Gasteiger partial charge in [0.15, 0.2) is 6.61 Å². The highest BCUT2D eigenvalue weighted by molar-refractivity contribution is 5.85. The largest absolute Gasteiger partial charge is 0.484 e. The lowest BCUT2D eigenvalue weighted by atomic mass is 10.2. The summed E-state index contributed by atoms with van der Waals surface area (Å²) in [5, 5.41) is 3.14. The van der Waals surface area contributed by atoms with Crippen molar-refractivity contribution in [3.8, 4) is 17.4 Å². The van der Waals surface area contributed by atoms with E-state index in [-0.39, 0.29) is 43.4 Å². The molecule has 1 saturated heterocycles. The zero-order valence-corrected chi connectivity index (χ0v) is 16.8. The van der Waals surface area contributed by atoms with E-state index in [2.05, 4.69) is 10.3 Å². The van der Waals surface area contributed by atoms with Crippen LogP contribution >= 0.6 is 24.8 Å². The van der Waals surface area contributed by atoms with Crippen LogP contribution in [0.25, 0.3) is 0 Å². The van der Waals surface area contributed by atoms with Gasteiger partial charge in [0.05, 0.1) is 0 Å². The van der Waals surface area contributed by atoms with Gasteiger partial charge in [-0.1, -0.05) is 6.07 Å². The first-order valence-corrected chi connectivity index (χ1v) is 8.52. The van der Waals surface area contributed by atoms with Crippen molar-refractivity contribution in [3.05, 3.63) is 48.7 Å². The van der Waals surface area contributed by atoms with Crippen LogP contribution in [0.2, 0.25) is 0 Å². The van der Waals surface area contributed by atoms with Gasteiger partial charge in [-0.2, -0.15) is 0 Å². The van der Waals surface area contributed by atoms with Gasteiger partial charge in [-0.15, -0.1) is 24.8 Å². The van der Waals surface area contributed by atoms with Crippen molar-refractivity contribution in [2.24, 2.45) is 0 Å². The van der Waals surface area contributed by atoms with Crippen molar-refractivity contribution >= 4 is 30.7 Å². The van der Waals surface area contributed by atoms with E-state index in [1.54, 1.807) is 36.5 Å². The maximum Gasteiger partial charge on any atom is 0.260 e. The van der Waals surface area contributed by atoms with Gasteiger partial charge >= 0.3 is 0 Å².